The second-order valence-electron chi connectivity index (χ2n) is 10.9. The quantitative estimate of drug-likeness (QED) is 0.0897. The van der Waals surface area contributed by atoms with Crippen LogP contribution in [0.4, 0.5) is 10.3 Å². The van der Waals surface area contributed by atoms with Gasteiger partial charge in [-0.15, -0.1) is 0 Å². The highest BCUT2D eigenvalue weighted by molar-refractivity contribution is 8.13. The summed E-state index contributed by atoms with van der Waals surface area (Å²) in [5.41, 5.74) is 4.18. The minimum absolute atomic E-state index is 0.00649. The number of halogens is 2. The number of hydrogen-bond acceptors (Lipinski definition) is 13. The summed E-state index contributed by atoms with van der Waals surface area (Å²) in [6, 6.07) is -0.760. The molecule has 0 spiro atoms. The van der Waals surface area contributed by atoms with Crippen molar-refractivity contribution >= 4 is 64.0 Å². The molecule has 0 saturated carbocycles. The van der Waals surface area contributed by atoms with E-state index in [1.165, 1.54) is 0 Å². The summed E-state index contributed by atoms with van der Waals surface area (Å²) in [5, 5.41) is 21.1. The highest BCUT2D eigenvalue weighted by Crippen LogP contribution is 2.49. The first-order chi connectivity index (χ1) is 19.4. The standard InChI is InChI=1S/C23H37ClFN6O8PS2/c1-11(2)38-18(34)12(3)30-40(41,36-7-8-42-20(35)22(4,5)6)37-9-13-15(32)23(24,25)19(39-13)31-10-27-14-16(31)28-21(26)29-17(14)33/h10-13,15,18-19,32,34H,7-9H2,1-6H3,(H,30,41)(H3,26,28,29,33). The second kappa shape index (κ2) is 13.8. The van der Waals surface area contributed by atoms with E-state index in [1.807, 2.05) is 0 Å². The van der Waals surface area contributed by atoms with Crippen molar-refractivity contribution in [1.29, 1.82) is 0 Å². The summed E-state index contributed by atoms with van der Waals surface area (Å²) < 4.78 is 39.6. The van der Waals surface area contributed by atoms with Crippen LogP contribution in [0.1, 0.15) is 47.8 Å². The summed E-state index contributed by atoms with van der Waals surface area (Å²) in [7, 11) is 0. The van der Waals surface area contributed by atoms with E-state index in [0.717, 1.165) is 22.7 Å². The van der Waals surface area contributed by atoms with Crippen molar-refractivity contribution in [3.8, 4) is 0 Å². The predicted octanol–water partition coefficient (Wildman–Crippen LogP) is 2.15. The Kier molecular flexibility index (Phi) is 11.6. The number of aromatic amines is 1. The molecule has 7 unspecified atom stereocenters. The third kappa shape index (κ3) is 8.47. The Balaban J connectivity index is 1.76. The number of rotatable bonds is 13. The molecular formula is C23H37ClFN6O8PS2. The fourth-order valence-electron chi connectivity index (χ4n) is 3.72. The Morgan fingerprint density at radius 3 is 2.71 bits per heavy atom. The van der Waals surface area contributed by atoms with Crippen LogP contribution < -0.4 is 16.4 Å². The molecule has 0 aromatic carbocycles. The van der Waals surface area contributed by atoms with E-state index in [1.54, 1.807) is 41.5 Å². The Morgan fingerprint density at radius 1 is 1.43 bits per heavy atom. The van der Waals surface area contributed by atoms with Crippen molar-refractivity contribution in [3.63, 3.8) is 0 Å². The normalized spacial score (nSPS) is 26.0. The van der Waals surface area contributed by atoms with Gasteiger partial charge in [0.05, 0.1) is 31.7 Å². The van der Waals surface area contributed by atoms with Gasteiger partial charge in [-0.05, 0) is 32.6 Å². The lowest BCUT2D eigenvalue weighted by Crippen LogP contribution is -2.41. The lowest BCUT2D eigenvalue weighted by molar-refractivity contribution is -0.137. The van der Waals surface area contributed by atoms with Crippen LogP contribution in [0, 0.1) is 5.41 Å². The molecule has 14 nitrogen and oxygen atoms in total. The Bertz CT molecular complexity index is 1360. The average Bonchev–Trinajstić information content (AvgIpc) is 3.37. The SMILES string of the molecule is CC(C)OC(O)C(C)NP(=S)(OCCSC(=O)C(C)(C)C)OCC1OC(n2cnc3c(=O)[nH]c(N)nc32)C(F)(Cl)C1O. The van der Waals surface area contributed by atoms with Crippen molar-refractivity contribution in [3.05, 3.63) is 16.7 Å². The van der Waals surface area contributed by atoms with Crippen molar-refractivity contribution in [2.24, 2.45) is 5.41 Å². The molecule has 7 atom stereocenters. The van der Waals surface area contributed by atoms with Crippen LogP contribution in [-0.2, 0) is 35.1 Å². The number of nitrogens with one attached hydrogen (secondary N) is 2. The molecule has 0 radical (unpaired) electrons. The van der Waals surface area contributed by atoms with Gasteiger partial charge in [-0.25, -0.2) is 14.5 Å². The van der Waals surface area contributed by atoms with Gasteiger partial charge in [0.25, 0.3) is 17.3 Å². The number of nitrogen functional groups attached to an aromatic ring is 1. The number of aromatic nitrogens is 4. The number of H-pyrrole nitrogens is 1. The van der Waals surface area contributed by atoms with Gasteiger partial charge in [0.15, 0.2) is 28.8 Å². The number of aliphatic hydroxyl groups is 2. The number of aliphatic hydroxyl groups excluding tert-OH is 2. The number of hydrogen-bond donors (Lipinski definition) is 5. The van der Waals surface area contributed by atoms with E-state index in [0.29, 0.717) is 0 Å². The zero-order valence-corrected chi connectivity index (χ0v) is 27.2. The molecule has 0 bridgehead atoms. The van der Waals surface area contributed by atoms with E-state index < -0.39 is 60.1 Å². The predicted molar refractivity (Wildman–Crippen MR) is 160 cm³/mol. The molecule has 1 aliphatic heterocycles. The highest BCUT2D eigenvalue weighted by atomic mass is 35.5. The van der Waals surface area contributed by atoms with Gasteiger partial charge >= 0.3 is 0 Å². The number of imidazole rings is 1. The van der Waals surface area contributed by atoms with E-state index in [4.69, 9.17) is 47.7 Å². The molecule has 0 aliphatic carbocycles. The largest absolute Gasteiger partial charge is 0.385 e. The Morgan fingerprint density at radius 2 is 2.10 bits per heavy atom. The van der Waals surface area contributed by atoms with Crippen molar-refractivity contribution < 1.29 is 37.9 Å². The summed E-state index contributed by atoms with van der Waals surface area (Å²) in [4.78, 5) is 34.6. The lowest BCUT2D eigenvalue weighted by atomic mass is 10.00. The average molecular weight is 675 g/mol. The number of alkyl halides is 2. The van der Waals surface area contributed by atoms with E-state index in [-0.39, 0.29) is 40.7 Å². The maximum Gasteiger partial charge on any atom is 0.280 e. The second-order valence-corrected chi connectivity index (χ2v) is 15.8. The van der Waals surface area contributed by atoms with E-state index in [9.17, 15) is 19.8 Å². The first-order valence-electron chi connectivity index (χ1n) is 13.0. The number of fused-ring (bicyclic) bond motifs is 1. The number of nitrogens with zero attached hydrogens (tertiary/aromatic N) is 3. The minimum atomic E-state index is -3.46. The van der Waals surface area contributed by atoms with Crippen molar-refractivity contribution in [2.75, 3.05) is 24.7 Å². The number of anilines is 1. The zero-order valence-electron chi connectivity index (χ0n) is 23.9. The smallest absolute Gasteiger partial charge is 0.280 e. The monoisotopic (exact) mass is 674 g/mol. The molecule has 1 fully saturated rings. The van der Waals surface area contributed by atoms with Gasteiger partial charge in [-0.2, -0.15) is 4.98 Å². The van der Waals surface area contributed by atoms with E-state index in [2.05, 4.69) is 20.0 Å². The molecule has 3 heterocycles. The summed E-state index contributed by atoms with van der Waals surface area (Å²) >= 11 is 12.8. The van der Waals surface area contributed by atoms with Gasteiger partial charge in [-0.3, -0.25) is 19.1 Å². The number of carbonyl (C=O) groups is 1. The molecule has 0 amide bonds. The van der Waals surface area contributed by atoms with E-state index >= 15 is 4.39 Å². The van der Waals surface area contributed by atoms with Gasteiger partial charge in [-0.1, -0.05) is 44.1 Å². The molecule has 6 N–H and O–H groups in total. The maximum absolute atomic E-state index is 15.7. The van der Waals surface area contributed by atoms with Crippen LogP contribution in [0.2, 0.25) is 0 Å². The van der Waals surface area contributed by atoms with Crippen molar-refractivity contribution in [1.82, 2.24) is 24.6 Å². The maximum atomic E-state index is 15.7. The third-order valence-electron chi connectivity index (χ3n) is 5.88. The number of carbonyl (C=O) groups excluding carboxylic acids is 1. The fourth-order valence-corrected chi connectivity index (χ4v) is 7.36. The Hall–Kier alpha value is -1.24. The Labute approximate surface area is 256 Å². The molecule has 1 aliphatic rings. The minimum Gasteiger partial charge on any atom is -0.385 e. The van der Waals surface area contributed by atoms with Crippen LogP contribution in [0.25, 0.3) is 11.2 Å². The van der Waals surface area contributed by atoms with Crippen LogP contribution in [-0.4, -0.2) is 89.6 Å². The van der Waals surface area contributed by atoms with Crippen LogP contribution in [0.5, 0.6) is 0 Å². The first kappa shape index (κ1) is 35.2. The van der Waals surface area contributed by atoms with Crippen molar-refractivity contribution in [2.45, 2.75) is 83.5 Å². The lowest BCUT2D eigenvalue weighted by Gasteiger charge is -2.30. The zero-order chi connectivity index (χ0) is 31.6. The molecule has 238 valence electrons. The molecule has 3 rings (SSSR count). The summed E-state index contributed by atoms with van der Waals surface area (Å²) in [6.07, 6.45) is -5.42. The summed E-state index contributed by atoms with van der Waals surface area (Å²) in [6.45, 7) is 6.56. The fraction of sp³-hybridized carbons (Fsp3) is 0.739. The van der Waals surface area contributed by atoms with Crippen LogP contribution >= 0.6 is 30.0 Å². The third-order valence-corrected chi connectivity index (χ3v) is 10.2. The molecule has 19 heteroatoms. The van der Waals surface area contributed by atoms with Crippen LogP contribution in [0.3, 0.4) is 0 Å². The summed E-state index contributed by atoms with van der Waals surface area (Å²) in [5.74, 6) is 0.0256. The number of ether oxygens (including phenoxy) is 2. The topological polar surface area (TPSA) is 196 Å². The molecule has 1 saturated heterocycles. The molecule has 2 aromatic rings. The van der Waals surface area contributed by atoms with Gasteiger partial charge in [0, 0.05) is 11.2 Å². The van der Waals surface area contributed by atoms with Crippen LogP contribution in [0.15, 0.2) is 11.1 Å². The molecule has 42 heavy (non-hydrogen) atoms. The van der Waals surface area contributed by atoms with Gasteiger partial charge < -0.3 is 34.5 Å². The number of nitrogens with two attached hydrogens (primary N) is 1. The van der Waals surface area contributed by atoms with Gasteiger partial charge in [0.1, 0.15) is 12.2 Å². The molecular weight excluding hydrogens is 638 g/mol. The van der Waals surface area contributed by atoms with Gasteiger partial charge in [0.2, 0.25) is 5.95 Å². The molecule has 2 aromatic heterocycles. The number of thioether (sulfide) groups is 1. The first-order valence-corrected chi connectivity index (χ1v) is 17.0. The highest BCUT2D eigenvalue weighted by Gasteiger charge is 2.58.